The minimum absolute atomic E-state index is 0.133. The first-order chi connectivity index (χ1) is 11.1. The number of aryl methyl sites for hydroxylation is 1. The number of hydrogen-bond donors (Lipinski definition) is 0. The van der Waals surface area contributed by atoms with Gasteiger partial charge in [0.1, 0.15) is 0 Å². The Bertz CT molecular complexity index is 656. The number of ether oxygens (including phenoxy) is 1. The quantitative estimate of drug-likeness (QED) is 0.827. The van der Waals surface area contributed by atoms with Gasteiger partial charge in [-0.05, 0) is 24.1 Å². The molecule has 23 heavy (non-hydrogen) atoms. The molecule has 0 aliphatic carbocycles. The summed E-state index contributed by atoms with van der Waals surface area (Å²) in [7, 11) is 3.63. The van der Waals surface area contributed by atoms with Crippen LogP contribution in [0.3, 0.4) is 0 Å². The van der Waals surface area contributed by atoms with Crippen LogP contribution in [0.1, 0.15) is 17.2 Å². The molecule has 1 aromatic heterocycles. The molecule has 7 heteroatoms. The van der Waals surface area contributed by atoms with Crippen LogP contribution in [-0.2, 0) is 18.2 Å². The van der Waals surface area contributed by atoms with Crippen LogP contribution < -0.4 is 0 Å². The highest BCUT2D eigenvalue weighted by atomic mass is 35.5. The van der Waals surface area contributed by atoms with Gasteiger partial charge in [0.25, 0.3) is 0 Å². The SMILES string of the molecule is CO[C@@H]1CN(CCc2c(Cl)cccc2Cl)C[C@H]1c1cn(C)nn1. The predicted octanol–water partition coefficient (Wildman–Crippen LogP) is 2.78. The molecule has 1 aliphatic heterocycles. The molecule has 124 valence electrons. The first kappa shape index (κ1) is 16.7. The third-order valence-corrected chi connectivity index (χ3v) is 5.09. The Morgan fingerprint density at radius 2 is 2.00 bits per heavy atom. The zero-order valence-corrected chi connectivity index (χ0v) is 14.8. The number of aromatic nitrogens is 3. The highest BCUT2D eigenvalue weighted by molar-refractivity contribution is 6.35. The first-order valence-electron chi connectivity index (χ1n) is 7.62. The molecule has 1 aromatic carbocycles. The van der Waals surface area contributed by atoms with Gasteiger partial charge in [-0.3, -0.25) is 9.58 Å². The Labute approximate surface area is 146 Å². The van der Waals surface area contributed by atoms with Crippen LogP contribution in [0.25, 0.3) is 0 Å². The van der Waals surface area contributed by atoms with Gasteiger partial charge in [-0.15, -0.1) is 5.10 Å². The van der Waals surface area contributed by atoms with Gasteiger partial charge >= 0.3 is 0 Å². The largest absolute Gasteiger partial charge is 0.379 e. The molecular formula is C16H20Cl2N4O. The highest BCUT2D eigenvalue weighted by Crippen LogP contribution is 2.29. The highest BCUT2D eigenvalue weighted by Gasteiger charge is 2.35. The predicted molar refractivity (Wildman–Crippen MR) is 91.1 cm³/mol. The molecule has 0 N–H and O–H groups in total. The monoisotopic (exact) mass is 354 g/mol. The van der Waals surface area contributed by atoms with Crippen LogP contribution in [0.5, 0.6) is 0 Å². The number of likely N-dealkylation sites (tertiary alicyclic amines) is 1. The lowest BCUT2D eigenvalue weighted by molar-refractivity contribution is 0.0965. The lowest BCUT2D eigenvalue weighted by Gasteiger charge is -2.16. The van der Waals surface area contributed by atoms with Gasteiger partial charge < -0.3 is 4.74 Å². The van der Waals surface area contributed by atoms with E-state index in [1.54, 1.807) is 11.8 Å². The lowest BCUT2D eigenvalue weighted by Crippen LogP contribution is -2.25. The fourth-order valence-corrected chi connectivity index (χ4v) is 3.72. The maximum atomic E-state index is 6.25. The molecule has 0 saturated carbocycles. The van der Waals surface area contributed by atoms with Crippen molar-refractivity contribution < 1.29 is 4.74 Å². The zero-order chi connectivity index (χ0) is 16.4. The van der Waals surface area contributed by atoms with Crippen molar-refractivity contribution in [1.29, 1.82) is 0 Å². The van der Waals surface area contributed by atoms with E-state index in [-0.39, 0.29) is 12.0 Å². The normalized spacial score (nSPS) is 21.9. The molecule has 1 saturated heterocycles. The Morgan fingerprint density at radius 1 is 1.26 bits per heavy atom. The van der Waals surface area contributed by atoms with Gasteiger partial charge in [-0.1, -0.05) is 34.5 Å². The minimum Gasteiger partial charge on any atom is -0.379 e. The van der Waals surface area contributed by atoms with Crippen LogP contribution >= 0.6 is 23.2 Å². The molecule has 2 heterocycles. The second-order valence-electron chi connectivity index (χ2n) is 5.91. The number of nitrogens with zero attached hydrogens (tertiary/aromatic N) is 4. The van der Waals surface area contributed by atoms with Crippen LogP contribution in [0, 0.1) is 0 Å². The molecule has 0 amide bonds. The van der Waals surface area contributed by atoms with Crippen molar-refractivity contribution in [3.63, 3.8) is 0 Å². The second kappa shape index (κ2) is 7.18. The summed E-state index contributed by atoms with van der Waals surface area (Å²) in [6.45, 7) is 2.67. The van der Waals surface area contributed by atoms with E-state index in [0.717, 1.165) is 47.4 Å². The summed E-state index contributed by atoms with van der Waals surface area (Å²) in [4.78, 5) is 2.37. The van der Waals surface area contributed by atoms with Crippen molar-refractivity contribution in [2.24, 2.45) is 7.05 Å². The van der Waals surface area contributed by atoms with Gasteiger partial charge in [0, 0.05) is 56.0 Å². The van der Waals surface area contributed by atoms with E-state index >= 15 is 0 Å². The molecule has 0 spiro atoms. The van der Waals surface area contributed by atoms with Crippen molar-refractivity contribution >= 4 is 23.2 Å². The Hall–Kier alpha value is -1.14. The van der Waals surface area contributed by atoms with Crippen molar-refractivity contribution in [3.05, 3.63) is 45.7 Å². The van der Waals surface area contributed by atoms with Crippen LogP contribution in [0.15, 0.2) is 24.4 Å². The fraction of sp³-hybridized carbons (Fsp3) is 0.500. The topological polar surface area (TPSA) is 43.2 Å². The van der Waals surface area contributed by atoms with E-state index in [0.29, 0.717) is 0 Å². The van der Waals surface area contributed by atoms with Gasteiger partial charge in [-0.2, -0.15) is 0 Å². The number of hydrogen-bond acceptors (Lipinski definition) is 4. The van der Waals surface area contributed by atoms with E-state index in [9.17, 15) is 0 Å². The minimum atomic E-state index is 0.133. The number of rotatable bonds is 5. The number of halogens is 2. The first-order valence-corrected chi connectivity index (χ1v) is 8.38. The molecule has 1 fully saturated rings. The zero-order valence-electron chi connectivity index (χ0n) is 13.2. The average Bonchev–Trinajstić information content (AvgIpc) is 3.12. The molecule has 0 bridgehead atoms. The number of methoxy groups -OCH3 is 1. The van der Waals surface area contributed by atoms with Crippen molar-refractivity contribution in [3.8, 4) is 0 Å². The summed E-state index contributed by atoms with van der Waals surface area (Å²) in [6.07, 6.45) is 2.92. The molecule has 2 atom stereocenters. The summed E-state index contributed by atoms with van der Waals surface area (Å²) in [6, 6.07) is 5.63. The number of benzene rings is 1. The van der Waals surface area contributed by atoms with E-state index in [1.165, 1.54) is 0 Å². The fourth-order valence-electron chi connectivity index (χ4n) is 3.13. The van der Waals surface area contributed by atoms with Crippen LogP contribution in [-0.4, -0.2) is 52.7 Å². The Morgan fingerprint density at radius 3 is 2.61 bits per heavy atom. The van der Waals surface area contributed by atoms with Crippen LogP contribution in [0.2, 0.25) is 10.0 Å². The summed E-state index contributed by atoms with van der Waals surface area (Å²) in [5.74, 6) is 0.246. The maximum Gasteiger partial charge on any atom is 0.0897 e. The Kier molecular flexibility index (Phi) is 5.21. The third kappa shape index (κ3) is 3.69. The maximum absolute atomic E-state index is 6.25. The standard InChI is InChI=1S/C16H20Cl2N4O/c1-21-9-15(19-20-21)12-8-22(10-16(12)23-2)7-6-11-13(17)4-3-5-14(11)18/h3-5,9,12,16H,6-8,10H2,1-2H3/t12-,16+/m0/s1. The third-order valence-electron chi connectivity index (χ3n) is 4.38. The summed E-state index contributed by atoms with van der Waals surface area (Å²) in [5, 5.41) is 9.73. The van der Waals surface area contributed by atoms with Crippen LogP contribution in [0.4, 0.5) is 0 Å². The van der Waals surface area contributed by atoms with Crippen molar-refractivity contribution in [1.82, 2.24) is 19.9 Å². The van der Waals surface area contributed by atoms with Crippen molar-refractivity contribution in [2.45, 2.75) is 18.4 Å². The molecule has 2 aromatic rings. The molecular weight excluding hydrogens is 335 g/mol. The van der Waals surface area contributed by atoms with Crippen molar-refractivity contribution in [2.75, 3.05) is 26.7 Å². The van der Waals surface area contributed by atoms with Gasteiger partial charge in [0.2, 0.25) is 0 Å². The smallest absolute Gasteiger partial charge is 0.0897 e. The van der Waals surface area contributed by atoms with Gasteiger partial charge in [0.05, 0.1) is 11.8 Å². The van der Waals surface area contributed by atoms with Gasteiger partial charge in [-0.25, -0.2) is 0 Å². The molecule has 0 unspecified atom stereocenters. The summed E-state index contributed by atoms with van der Waals surface area (Å²) in [5.41, 5.74) is 1.99. The van der Waals surface area contributed by atoms with E-state index in [2.05, 4.69) is 15.2 Å². The van der Waals surface area contributed by atoms with Gasteiger partial charge in [0.15, 0.2) is 0 Å². The molecule has 0 radical (unpaired) electrons. The summed E-state index contributed by atoms with van der Waals surface area (Å²) >= 11 is 12.5. The second-order valence-corrected chi connectivity index (χ2v) is 6.72. The Balaban J connectivity index is 1.66. The average molecular weight is 355 g/mol. The molecule has 3 rings (SSSR count). The van der Waals surface area contributed by atoms with E-state index < -0.39 is 0 Å². The molecule has 1 aliphatic rings. The lowest BCUT2D eigenvalue weighted by atomic mass is 10.0. The summed E-state index contributed by atoms with van der Waals surface area (Å²) < 4.78 is 7.38. The van der Waals surface area contributed by atoms with E-state index in [1.807, 2.05) is 31.4 Å². The van der Waals surface area contributed by atoms with E-state index in [4.69, 9.17) is 27.9 Å². The molecule has 5 nitrogen and oxygen atoms in total.